The molecule has 0 aliphatic carbocycles. The van der Waals surface area contributed by atoms with Gasteiger partial charge in [0.1, 0.15) is 0 Å². The molecular weight excluding hydrogens is 351 g/mol. The van der Waals surface area contributed by atoms with Crippen LogP contribution in [-0.2, 0) is 9.59 Å². The Hall–Kier alpha value is -2.60. The van der Waals surface area contributed by atoms with Gasteiger partial charge >= 0.3 is 11.9 Å². The molecule has 2 aromatic carbocycles. The average molecular weight is 367 g/mol. The molecule has 5 nitrogen and oxygen atoms in total. The number of rotatable bonds is 7. The second kappa shape index (κ2) is 9.03. The van der Waals surface area contributed by atoms with Crippen molar-refractivity contribution >= 4 is 23.5 Å². The fourth-order valence-electron chi connectivity index (χ4n) is 1.98. The van der Waals surface area contributed by atoms with Gasteiger partial charge in [-0.25, -0.2) is 4.39 Å². The van der Waals surface area contributed by atoms with Crippen LogP contribution in [0.4, 0.5) is 4.39 Å². The minimum absolute atomic E-state index is 0.00183. The van der Waals surface area contributed by atoms with E-state index < -0.39 is 17.8 Å². The van der Waals surface area contributed by atoms with Crippen molar-refractivity contribution in [1.29, 1.82) is 0 Å². The van der Waals surface area contributed by atoms with E-state index in [1.54, 1.807) is 12.1 Å². The Kier molecular flexibility index (Phi) is 6.77. The van der Waals surface area contributed by atoms with Gasteiger partial charge in [-0.05, 0) is 30.7 Å². The molecule has 25 heavy (non-hydrogen) atoms. The fourth-order valence-corrected chi connectivity index (χ4v) is 2.14. The Morgan fingerprint density at radius 1 is 0.960 bits per heavy atom. The minimum atomic E-state index is -0.623. The van der Waals surface area contributed by atoms with Crippen molar-refractivity contribution in [2.24, 2.45) is 0 Å². The lowest BCUT2D eigenvalue weighted by molar-refractivity contribution is -0.136. The van der Waals surface area contributed by atoms with Gasteiger partial charge in [0.25, 0.3) is 0 Å². The quantitative estimate of drug-likeness (QED) is 0.543. The van der Waals surface area contributed by atoms with E-state index in [1.165, 1.54) is 37.4 Å². The van der Waals surface area contributed by atoms with Crippen LogP contribution < -0.4 is 14.2 Å². The zero-order valence-corrected chi connectivity index (χ0v) is 14.2. The molecule has 2 rings (SSSR count). The van der Waals surface area contributed by atoms with Crippen molar-refractivity contribution < 1.29 is 28.2 Å². The predicted octanol–water partition coefficient (Wildman–Crippen LogP) is 4.17. The first-order valence-electron chi connectivity index (χ1n) is 7.49. The zero-order chi connectivity index (χ0) is 18.2. The maximum Gasteiger partial charge on any atom is 0.311 e. The lowest BCUT2D eigenvalue weighted by atomic mass is 10.2. The third kappa shape index (κ3) is 5.76. The zero-order valence-electron chi connectivity index (χ0n) is 13.5. The number of benzene rings is 2. The van der Waals surface area contributed by atoms with Crippen LogP contribution in [0.3, 0.4) is 0 Å². The molecular formula is C18H16ClFO5. The summed E-state index contributed by atoms with van der Waals surface area (Å²) in [6.07, 6.45) is 0.168. The first kappa shape index (κ1) is 18.7. The van der Waals surface area contributed by atoms with Gasteiger partial charge < -0.3 is 14.2 Å². The molecule has 0 heterocycles. The summed E-state index contributed by atoms with van der Waals surface area (Å²) in [5.41, 5.74) is 0. The van der Waals surface area contributed by atoms with Gasteiger partial charge in [0, 0.05) is 23.9 Å². The number of carbonyl (C=O) groups is 2. The van der Waals surface area contributed by atoms with Gasteiger partial charge in [-0.3, -0.25) is 9.59 Å². The van der Waals surface area contributed by atoms with Crippen LogP contribution in [-0.4, -0.2) is 19.0 Å². The van der Waals surface area contributed by atoms with Gasteiger partial charge in [0.05, 0.1) is 7.11 Å². The van der Waals surface area contributed by atoms with E-state index in [0.717, 1.165) is 0 Å². The highest BCUT2D eigenvalue weighted by atomic mass is 35.5. The maximum atomic E-state index is 13.4. The normalized spacial score (nSPS) is 10.2. The number of esters is 2. The maximum absolute atomic E-state index is 13.4. The summed E-state index contributed by atoms with van der Waals surface area (Å²) >= 11 is 5.83. The van der Waals surface area contributed by atoms with Crippen LogP contribution in [0.5, 0.6) is 17.2 Å². The van der Waals surface area contributed by atoms with Crippen LogP contribution in [0.1, 0.15) is 19.3 Å². The van der Waals surface area contributed by atoms with Crippen LogP contribution in [0, 0.1) is 5.82 Å². The SMILES string of the molecule is COc1cc(Cl)ccc1OC(=O)CCCC(=O)Oc1ccccc1F. The minimum Gasteiger partial charge on any atom is -0.493 e. The number of para-hydroxylation sites is 1. The molecule has 132 valence electrons. The Labute approximate surface area is 149 Å². The van der Waals surface area contributed by atoms with E-state index >= 15 is 0 Å². The highest BCUT2D eigenvalue weighted by Gasteiger charge is 2.13. The molecule has 0 unspecified atom stereocenters. The lowest BCUT2D eigenvalue weighted by Crippen LogP contribution is -2.12. The number of carbonyl (C=O) groups excluding carboxylic acids is 2. The standard InChI is InChI=1S/C18H16ClFO5/c1-23-16-11-12(19)9-10-15(16)25-18(22)8-4-7-17(21)24-14-6-3-2-5-13(14)20/h2-3,5-6,9-11H,4,7-8H2,1H3. The molecule has 0 saturated carbocycles. The van der Waals surface area contributed by atoms with Crippen molar-refractivity contribution in [3.05, 3.63) is 53.3 Å². The van der Waals surface area contributed by atoms with E-state index in [0.29, 0.717) is 10.8 Å². The monoisotopic (exact) mass is 366 g/mol. The average Bonchev–Trinajstić information content (AvgIpc) is 2.58. The topological polar surface area (TPSA) is 61.8 Å². The van der Waals surface area contributed by atoms with E-state index in [-0.39, 0.29) is 30.8 Å². The second-order valence-corrected chi connectivity index (χ2v) is 5.46. The van der Waals surface area contributed by atoms with E-state index in [9.17, 15) is 14.0 Å². The van der Waals surface area contributed by atoms with Gasteiger partial charge in [0.2, 0.25) is 0 Å². The summed E-state index contributed by atoms with van der Waals surface area (Å²) in [4.78, 5) is 23.5. The third-order valence-electron chi connectivity index (χ3n) is 3.17. The van der Waals surface area contributed by atoms with Gasteiger partial charge in [-0.2, -0.15) is 0 Å². The number of hydrogen-bond donors (Lipinski definition) is 0. The Balaban J connectivity index is 1.79. The summed E-state index contributed by atoms with van der Waals surface area (Å²) < 4.78 is 28.5. The first-order valence-corrected chi connectivity index (χ1v) is 7.87. The fraction of sp³-hybridized carbons (Fsp3) is 0.222. The van der Waals surface area contributed by atoms with Crippen molar-refractivity contribution in [2.45, 2.75) is 19.3 Å². The molecule has 2 aromatic rings. The lowest BCUT2D eigenvalue weighted by Gasteiger charge is -2.09. The highest BCUT2D eigenvalue weighted by Crippen LogP contribution is 2.30. The molecule has 0 spiro atoms. The van der Waals surface area contributed by atoms with E-state index in [4.69, 9.17) is 25.8 Å². The van der Waals surface area contributed by atoms with Gasteiger partial charge in [-0.15, -0.1) is 0 Å². The Morgan fingerprint density at radius 3 is 2.24 bits per heavy atom. The van der Waals surface area contributed by atoms with Crippen LogP contribution in [0.15, 0.2) is 42.5 Å². The summed E-state index contributed by atoms with van der Waals surface area (Å²) in [5.74, 6) is -1.34. The Bertz CT molecular complexity index is 763. The Morgan fingerprint density at radius 2 is 1.60 bits per heavy atom. The molecule has 0 aliphatic rings. The summed E-state index contributed by atoms with van der Waals surface area (Å²) in [6, 6.07) is 10.2. The van der Waals surface area contributed by atoms with E-state index in [1.807, 2.05) is 0 Å². The predicted molar refractivity (Wildman–Crippen MR) is 89.5 cm³/mol. The van der Waals surface area contributed by atoms with Crippen LogP contribution in [0.2, 0.25) is 5.02 Å². The molecule has 0 aromatic heterocycles. The third-order valence-corrected chi connectivity index (χ3v) is 3.41. The highest BCUT2D eigenvalue weighted by molar-refractivity contribution is 6.30. The molecule has 0 N–H and O–H groups in total. The largest absolute Gasteiger partial charge is 0.493 e. The molecule has 0 radical (unpaired) electrons. The van der Waals surface area contributed by atoms with Crippen molar-refractivity contribution in [1.82, 2.24) is 0 Å². The van der Waals surface area contributed by atoms with Gasteiger partial charge in [0.15, 0.2) is 23.1 Å². The smallest absolute Gasteiger partial charge is 0.311 e. The number of methoxy groups -OCH3 is 1. The van der Waals surface area contributed by atoms with Crippen molar-refractivity contribution in [3.8, 4) is 17.2 Å². The molecule has 0 saturated heterocycles. The first-order chi connectivity index (χ1) is 12.0. The number of ether oxygens (including phenoxy) is 3. The van der Waals surface area contributed by atoms with Gasteiger partial charge in [-0.1, -0.05) is 23.7 Å². The van der Waals surface area contributed by atoms with Crippen molar-refractivity contribution in [2.75, 3.05) is 7.11 Å². The molecule has 0 fully saturated rings. The van der Waals surface area contributed by atoms with Crippen LogP contribution in [0.25, 0.3) is 0 Å². The number of halogens is 2. The van der Waals surface area contributed by atoms with Crippen molar-refractivity contribution in [3.63, 3.8) is 0 Å². The second-order valence-electron chi connectivity index (χ2n) is 5.03. The number of hydrogen-bond acceptors (Lipinski definition) is 5. The van der Waals surface area contributed by atoms with Crippen LogP contribution >= 0.6 is 11.6 Å². The molecule has 7 heteroatoms. The molecule has 0 aliphatic heterocycles. The summed E-state index contributed by atoms with van der Waals surface area (Å²) in [7, 11) is 1.43. The summed E-state index contributed by atoms with van der Waals surface area (Å²) in [6.45, 7) is 0. The molecule has 0 bridgehead atoms. The summed E-state index contributed by atoms with van der Waals surface area (Å²) in [5, 5.41) is 0.451. The molecule has 0 atom stereocenters. The molecule has 0 amide bonds. The van der Waals surface area contributed by atoms with E-state index in [2.05, 4.69) is 0 Å².